The lowest BCUT2D eigenvalue weighted by Crippen LogP contribution is -2.52. The van der Waals surface area contributed by atoms with Gasteiger partial charge in [-0.25, -0.2) is 17.6 Å². The second-order valence-electron chi connectivity index (χ2n) is 15.9. The van der Waals surface area contributed by atoms with Crippen LogP contribution in [-0.2, 0) is 39.6 Å². The molecule has 6 rings (SSSR count). The van der Waals surface area contributed by atoms with Crippen molar-refractivity contribution in [1.82, 2.24) is 0 Å². The third-order valence-corrected chi connectivity index (χ3v) is 11.5. The highest BCUT2D eigenvalue weighted by molar-refractivity contribution is 8.14. The zero-order valence-electron chi connectivity index (χ0n) is 31.9. The number of nitrogens with two attached hydrogens (primary N) is 1. The first-order chi connectivity index (χ1) is 26.1. The maximum absolute atomic E-state index is 14.8. The van der Waals surface area contributed by atoms with Crippen LogP contribution in [0, 0.1) is 33.6 Å². The van der Waals surface area contributed by atoms with E-state index in [1.807, 2.05) is 0 Å². The van der Waals surface area contributed by atoms with Gasteiger partial charge in [0.15, 0.2) is 0 Å². The molecule has 2 aromatic rings. The quantitative estimate of drug-likeness (QED) is 0.0983. The van der Waals surface area contributed by atoms with E-state index >= 15 is 0 Å². The molecular weight excluding hydrogens is 781 g/mol. The van der Waals surface area contributed by atoms with Gasteiger partial charge in [0.1, 0.15) is 46.3 Å². The van der Waals surface area contributed by atoms with Gasteiger partial charge in [0, 0.05) is 52.3 Å². The first-order valence-electron chi connectivity index (χ1n) is 17.9. The van der Waals surface area contributed by atoms with E-state index in [4.69, 9.17) is 24.7 Å². The average molecular weight is 827 g/mol. The standard InChI is InChI=1S/C19H22F2N2O5S.C19H24F2N2O3S/c1-18(2,3)28-17(24)7-16-22-19(10-27-8-15(21)13(19)9-29-16)12-6-11(23(25)26)4-5-14(12)20;1-18(2,3)26-17(24)7-16-23-19(12-6-11(22)4-5-14(12)20)10-25-8-15(21)13(19)9-27-16/h4-6,13,15H,7-10H2,1-3H3;4-6,13,15H,7-10,22H2,1-3H3/t2*13-,15-,19-/m11/s1. The largest absolute Gasteiger partial charge is 0.460 e. The molecule has 0 bridgehead atoms. The van der Waals surface area contributed by atoms with Gasteiger partial charge in [-0.15, -0.1) is 23.5 Å². The van der Waals surface area contributed by atoms with Crippen LogP contribution in [0.3, 0.4) is 0 Å². The lowest BCUT2D eigenvalue weighted by atomic mass is 9.75. The molecule has 12 nitrogen and oxygen atoms in total. The van der Waals surface area contributed by atoms with E-state index in [-0.39, 0.29) is 61.8 Å². The van der Waals surface area contributed by atoms with Gasteiger partial charge in [0.05, 0.1) is 54.3 Å². The number of nitrogens with zero attached hydrogens (tertiary/aromatic N) is 3. The number of anilines is 1. The molecule has 0 aromatic heterocycles. The van der Waals surface area contributed by atoms with E-state index in [2.05, 4.69) is 9.98 Å². The van der Waals surface area contributed by atoms with E-state index < -0.39 is 75.0 Å². The predicted octanol–water partition coefficient (Wildman–Crippen LogP) is 7.26. The van der Waals surface area contributed by atoms with Crippen LogP contribution in [-0.4, -0.2) is 88.4 Å². The van der Waals surface area contributed by atoms with Crippen molar-refractivity contribution in [1.29, 1.82) is 0 Å². The number of nitro benzene ring substituents is 1. The minimum atomic E-state index is -1.48. The van der Waals surface area contributed by atoms with E-state index in [0.717, 1.165) is 18.2 Å². The summed E-state index contributed by atoms with van der Waals surface area (Å²) >= 11 is 2.52. The van der Waals surface area contributed by atoms with Crippen molar-refractivity contribution >= 4 is 56.9 Å². The topological polar surface area (TPSA) is 165 Å². The van der Waals surface area contributed by atoms with E-state index in [0.29, 0.717) is 21.5 Å². The molecule has 2 N–H and O–H groups in total. The van der Waals surface area contributed by atoms with Gasteiger partial charge >= 0.3 is 11.9 Å². The number of ether oxygens (including phenoxy) is 4. The lowest BCUT2D eigenvalue weighted by molar-refractivity contribution is -0.385. The van der Waals surface area contributed by atoms with Crippen molar-refractivity contribution in [3.05, 3.63) is 69.3 Å². The zero-order valence-corrected chi connectivity index (χ0v) is 33.6. The highest BCUT2D eigenvalue weighted by atomic mass is 32.2. The average Bonchev–Trinajstić information content (AvgIpc) is 3.08. The minimum Gasteiger partial charge on any atom is -0.460 e. The highest BCUT2D eigenvalue weighted by Gasteiger charge is 2.53. The Morgan fingerprint density at radius 2 is 1.25 bits per heavy atom. The molecule has 4 aliphatic rings. The Bertz CT molecular complexity index is 1890. The summed E-state index contributed by atoms with van der Waals surface area (Å²) in [4.78, 5) is 44.1. The van der Waals surface area contributed by atoms with Gasteiger partial charge in [-0.2, -0.15) is 0 Å². The van der Waals surface area contributed by atoms with Gasteiger partial charge in [-0.1, -0.05) is 0 Å². The number of non-ortho nitro benzene ring substituents is 1. The van der Waals surface area contributed by atoms with Crippen LogP contribution < -0.4 is 5.73 Å². The molecule has 2 saturated heterocycles. The third-order valence-electron chi connectivity index (χ3n) is 9.32. The Hall–Kier alpha value is -3.74. The fraction of sp³-hybridized carbons (Fsp3) is 0.579. The number of nitro groups is 1. The summed E-state index contributed by atoms with van der Waals surface area (Å²) < 4.78 is 80.2. The second kappa shape index (κ2) is 17.0. The fourth-order valence-electron chi connectivity index (χ4n) is 6.99. The molecule has 0 amide bonds. The van der Waals surface area contributed by atoms with Crippen LogP contribution in [0.2, 0.25) is 0 Å². The minimum absolute atomic E-state index is 0.0385. The number of esters is 2. The van der Waals surface area contributed by atoms with Crippen LogP contribution in [0.25, 0.3) is 0 Å². The summed E-state index contributed by atoms with van der Waals surface area (Å²) in [6, 6.07) is 7.28. The molecule has 306 valence electrons. The number of halogens is 4. The Morgan fingerprint density at radius 1 is 0.821 bits per heavy atom. The van der Waals surface area contributed by atoms with Gasteiger partial charge in [-0.05, 0) is 65.8 Å². The smallest absolute Gasteiger partial charge is 0.312 e. The fourth-order valence-corrected chi connectivity index (χ4v) is 9.60. The third kappa shape index (κ3) is 10.0. The number of nitrogen functional groups attached to an aromatic ring is 1. The monoisotopic (exact) mass is 826 g/mol. The summed E-state index contributed by atoms with van der Waals surface area (Å²) in [6.45, 7) is 10.3. The summed E-state index contributed by atoms with van der Waals surface area (Å²) in [5, 5.41) is 12.0. The summed E-state index contributed by atoms with van der Waals surface area (Å²) in [5.74, 6) is -2.86. The number of carbonyl (C=O) groups excluding carboxylic acids is 2. The van der Waals surface area contributed by atoms with Crippen LogP contribution in [0.5, 0.6) is 0 Å². The lowest BCUT2D eigenvalue weighted by Gasteiger charge is -2.45. The number of carbonyl (C=O) groups is 2. The summed E-state index contributed by atoms with van der Waals surface area (Å²) in [7, 11) is 0. The molecule has 4 heterocycles. The van der Waals surface area contributed by atoms with Crippen molar-refractivity contribution in [2.45, 2.75) is 89.0 Å². The van der Waals surface area contributed by atoms with Crippen molar-refractivity contribution < 1.29 is 51.0 Å². The number of benzene rings is 2. The van der Waals surface area contributed by atoms with Gasteiger partial charge in [-0.3, -0.25) is 29.7 Å². The predicted molar refractivity (Wildman–Crippen MR) is 206 cm³/mol. The number of hydrogen-bond donors (Lipinski definition) is 1. The highest BCUT2D eigenvalue weighted by Crippen LogP contribution is 2.49. The van der Waals surface area contributed by atoms with Crippen LogP contribution in [0.15, 0.2) is 46.4 Å². The first-order valence-corrected chi connectivity index (χ1v) is 19.9. The van der Waals surface area contributed by atoms with Crippen molar-refractivity contribution in [3.63, 3.8) is 0 Å². The molecule has 18 heteroatoms. The number of thioether (sulfide) groups is 2. The normalized spacial score (nSPS) is 27.6. The second-order valence-corrected chi connectivity index (χ2v) is 18.1. The number of hydrogen-bond acceptors (Lipinski definition) is 13. The van der Waals surface area contributed by atoms with Crippen molar-refractivity contribution in [2.24, 2.45) is 21.8 Å². The Kier molecular flexibility index (Phi) is 13.2. The van der Waals surface area contributed by atoms with E-state index in [1.165, 1.54) is 41.7 Å². The maximum Gasteiger partial charge on any atom is 0.312 e. The van der Waals surface area contributed by atoms with E-state index in [1.54, 1.807) is 41.5 Å². The molecule has 4 aliphatic heterocycles. The van der Waals surface area contributed by atoms with Crippen LogP contribution in [0.1, 0.15) is 65.5 Å². The molecule has 0 saturated carbocycles. The molecule has 6 atom stereocenters. The van der Waals surface area contributed by atoms with Crippen molar-refractivity contribution in [3.8, 4) is 0 Å². The Balaban J connectivity index is 0.000000215. The van der Waals surface area contributed by atoms with Crippen LogP contribution in [0.4, 0.5) is 28.9 Å². The van der Waals surface area contributed by atoms with Gasteiger partial charge in [0.2, 0.25) is 0 Å². The molecule has 2 aromatic carbocycles. The molecule has 0 unspecified atom stereocenters. The molecule has 0 radical (unpaired) electrons. The molecule has 0 aliphatic carbocycles. The summed E-state index contributed by atoms with van der Waals surface area (Å²) in [6.07, 6.45) is -2.89. The maximum atomic E-state index is 14.8. The zero-order chi connectivity index (χ0) is 41.2. The van der Waals surface area contributed by atoms with Crippen molar-refractivity contribution in [2.75, 3.05) is 43.7 Å². The molecule has 2 fully saturated rings. The van der Waals surface area contributed by atoms with Gasteiger partial charge < -0.3 is 24.7 Å². The Morgan fingerprint density at radius 3 is 1.68 bits per heavy atom. The van der Waals surface area contributed by atoms with Gasteiger partial charge in [0.25, 0.3) is 5.69 Å². The number of rotatable bonds is 7. The number of fused-ring (bicyclic) bond motifs is 2. The van der Waals surface area contributed by atoms with Crippen LogP contribution >= 0.6 is 23.5 Å². The Labute approximate surface area is 330 Å². The molecule has 0 spiro atoms. The summed E-state index contributed by atoms with van der Waals surface area (Å²) in [5.41, 5.74) is 1.99. The number of alkyl halides is 2. The molecular formula is C38H46F4N4O8S2. The molecule has 56 heavy (non-hydrogen) atoms. The number of aliphatic imine (C=N–C) groups is 2. The SMILES string of the molecule is CC(C)(C)OC(=O)CC1=N[C@@]2(c3cc(N)ccc3F)COC[C@@H](F)[C@H]2CS1.CC(C)(C)OC(=O)CC1=N[C@@]2(c3cc([N+](=O)[O-])ccc3F)COC[C@@H](F)[C@H]2CS1. The first kappa shape index (κ1) is 43.4. The van der Waals surface area contributed by atoms with E-state index in [9.17, 15) is 37.3 Å².